The van der Waals surface area contributed by atoms with Crippen molar-refractivity contribution in [2.45, 2.75) is 24.9 Å². The molecule has 2 rings (SSSR count). The summed E-state index contributed by atoms with van der Waals surface area (Å²) in [7, 11) is -5.08. The molecule has 0 aromatic carbocycles. The van der Waals surface area contributed by atoms with E-state index in [4.69, 9.17) is 20.7 Å². The zero-order valence-electron chi connectivity index (χ0n) is 13.1. The third-order valence-electron chi connectivity index (χ3n) is 3.57. The fourth-order valence-corrected chi connectivity index (χ4v) is 2.96. The van der Waals surface area contributed by atoms with E-state index in [0.29, 0.717) is 11.5 Å². The van der Waals surface area contributed by atoms with Gasteiger partial charge in [0.1, 0.15) is 12.6 Å². The maximum Gasteiger partial charge on any atom is 0.346 e. The van der Waals surface area contributed by atoms with Crippen LogP contribution in [0.1, 0.15) is 12.8 Å². The highest BCUT2D eigenvalue weighted by Crippen LogP contribution is 2.30. The van der Waals surface area contributed by atoms with E-state index in [-0.39, 0.29) is 38.6 Å². The number of hydroxylamine groups is 3. The predicted octanol–water partition coefficient (Wildman–Crippen LogP) is -4.17. The van der Waals surface area contributed by atoms with Crippen LogP contribution in [0, 0.1) is 0 Å². The molecule has 2 bridgehead atoms. The van der Waals surface area contributed by atoms with Crippen molar-refractivity contribution in [3.63, 3.8) is 0 Å². The number of nitrogens with one attached hydrogen (secondary N) is 1. The van der Waals surface area contributed by atoms with Crippen LogP contribution in [0.3, 0.4) is 0 Å². The molecule has 0 saturated carbocycles. The fourth-order valence-electron chi connectivity index (χ4n) is 2.58. The molecular weight excluding hydrogens is 362 g/mol. The number of hydrogen-bond acceptors (Lipinski definition) is 8. The molecule has 5 N–H and O–H groups in total. The van der Waals surface area contributed by atoms with Gasteiger partial charge in [-0.25, -0.2) is 18.7 Å². The molecule has 0 radical (unpaired) electrons. The van der Waals surface area contributed by atoms with Crippen molar-refractivity contribution in [3.8, 4) is 0 Å². The summed E-state index contributed by atoms with van der Waals surface area (Å²) >= 11 is 0. The molecular formula is C11H19N5O8S. The summed E-state index contributed by atoms with van der Waals surface area (Å²) in [4.78, 5) is 30.3. The maximum atomic E-state index is 12.1. The zero-order valence-corrected chi connectivity index (χ0v) is 13.9. The van der Waals surface area contributed by atoms with Gasteiger partial charge in [-0.1, -0.05) is 0 Å². The van der Waals surface area contributed by atoms with E-state index in [1.54, 1.807) is 0 Å². The molecule has 2 heterocycles. The van der Waals surface area contributed by atoms with Crippen LogP contribution >= 0.6 is 0 Å². The Balaban J connectivity index is 1.81. The van der Waals surface area contributed by atoms with E-state index >= 15 is 0 Å². The SMILES string of the molecule is NC(=[NH2+])COCCONC(=O)C1CCC2CN1C(=O)N2OS(=O)(=O)[O-]. The fraction of sp³-hybridized carbons (Fsp3) is 0.727. The van der Waals surface area contributed by atoms with E-state index in [0.717, 1.165) is 4.90 Å². The van der Waals surface area contributed by atoms with E-state index in [1.807, 2.05) is 0 Å². The Labute approximate surface area is 143 Å². The third-order valence-corrected chi connectivity index (χ3v) is 3.91. The van der Waals surface area contributed by atoms with Crippen LogP contribution in [0.5, 0.6) is 0 Å². The second-order valence-corrected chi connectivity index (χ2v) is 6.40. The Kier molecular flexibility index (Phi) is 6.12. The maximum absolute atomic E-state index is 12.1. The largest absolute Gasteiger partial charge is 0.724 e. The van der Waals surface area contributed by atoms with Gasteiger partial charge in [-0.2, -0.15) is 9.35 Å². The highest BCUT2D eigenvalue weighted by atomic mass is 32.3. The standard InChI is InChI=1S/C11H19N5O8S/c12-9(13)6-22-3-4-23-14-10(17)8-2-1-7-5-15(8)11(18)16(7)24-25(19,20)21/h7-8H,1-6H2,(H3,12,13)(H,14,17)(H,19,20,21). The van der Waals surface area contributed by atoms with Gasteiger partial charge >= 0.3 is 6.03 Å². The van der Waals surface area contributed by atoms with Crippen LogP contribution < -0.4 is 16.6 Å². The van der Waals surface area contributed by atoms with Crippen molar-refractivity contribution in [2.24, 2.45) is 5.73 Å². The van der Waals surface area contributed by atoms with Crippen molar-refractivity contribution in [2.75, 3.05) is 26.4 Å². The lowest BCUT2D eigenvalue weighted by atomic mass is 10.0. The van der Waals surface area contributed by atoms with E-state index in [2.05, 4.69) is 9.76 Å². The summed E-state index contributed by atoms with van der Waals surface area (Å²) in [5.41, 5.74) is 7.39. The number of hydrogen-bond donors (Lipinski definition) is 3. The number of carbonyl (C=O) groups excluding carboxylic acids is 2. The molecule has 2 unspecified atom stereocenters. The van der Waals surface area contributed by atoms with Crippen LogP contribution in [0.2, 0.25) is 0 Å². The molecule has 0 aromatic heterocycles. The smallest absolute Gasteiger partial charge is 0.346 e. The average molecular weight is 381 g/mol. The van der Waals surface area contributed by atoms with Gasteiger partial charge in [0.2, 0.25) is 10.4 Å². The van der Waals surface area contributed by atoms with Crippen LogP contribution in [0.25, 0.3) is 0 Å². The Bertz CT molecular complexity index is 640. The summed E-state index contributed by atoms with van der Waals surface area (Å²) in [6.07, 6.45) is 0.560. The highest BCUT2D eigenvalue weighted by Gasteiger charge is 2.48. The number of nitrogens with zero attached hydrogens (tertiary/aromatic N) is 2. The molecule has 25 heavy (non-hydrogen) atoms. The first-order valence-corrected chi connectivity index (χ1v) is 8.64. The molecule has 142 valence electrons. The van der Waals surface area contributed by atoms with Gasteiger partial charge < -0.3 is 14.2 Å². The lowest BCUT2D eigenvalue weighted by Gasteiger charge is -2.28. The second kappa shape index (κ2) is 7.92. The van der Waals surface area contributed by atoms with Gasteiger partial charge in [-0.3, -0.25) is 20.8 Å². The quantitative estimate of drug-likeness (QED) is 0.0888. The van der Waals surface area contributed by atoms with Gasteiger partial charge in [-0.05, 0) is 12.8 Å². The summed E-state index contributed by atoms with van der Waals surface area (Å²) in [6, 6.07) is -2.33. The Hall–Kier alpha value is -2.00. The molecule has 13 nitrogen and oxygen atoms in total. The zero-order chi connectivity index (χ0) is 18.6. The molecule has 14 heteroatoms. The lowest BCUT2D eigenvalue weighted by molar-refractivity contribution is -0.140. The topological polar surface area (TPSA) is 189 Å². The van der Waals surface area contributed by atoms with E-state index in [9.17, 15) is 22.6 Å². The molecule has 2 saturated heterocycles. The molecule has 2 aliphatic rings. The predicted molar refractivity (Wildman–Crippen MR) is 77.6 cm³/mol. The number of amidine groups is 1. The summed E-state index contributed by atoms with van der Waals surface area (Å²) in [5, 5.41) is 5.70. The van der Waals surface area contributed by atoms with Crippen molar-refractivity contribution < 1.29 is 41.8 Å². The summed E-state index contributed by atoms with van der Waals surface area (Å²) in [6.45, 7) is 0.297. The van der Waals surface area contributed by atoms with Crippen molar-refractivity contribution in [1.82, 2.24) is 15.4 Å². The molecule has 3 amide bonds. The molecule has 0 spiro atoms. The number of urea groups is 1. The average Bonchev–Trinajstić information content (AvgIpc) is 2.74. The van der Waals surface area contributed by atoms with Crippen LogP contribution in [-0.2, 0) is 29.1 Å². The van der Waals surface area contributed by atoms with Gasteiger partial charge in [0.05, 0.1) is 19.3 Å². The summed E-state index contributed by atoms with van der Waals surface area (Å²) < 4.78 is 41.2. The molecule has 2 fully saturated rings. The number of nitrogens with two attached hydrogens (primary N) is 2. The van der Waals surface area contributed by atoms with E-state index < -0.39 is 34.4 Å². The van der Waals surface area contributed by atoms with Crippen LogP contribution in [0.15, 0.2) is 0 Å². The molecule has 2 atom stereocenters. The first kappa shape index (κ1) is 19.3. The molecule has 0 aliphatic carbocycles. The third kappa shape index (κ3) is 5.23. The second-order valence-electron chi connectivity index (χ2n) is 5.43. The molecule has 2 aliphatic heterocycles. The van der Waals surface area contributed by atoms with Crippen molar-refractivity contribution >= 4 is 28.2 Å². The van der Waals surface area contributed by atoms with Gasteiger partial charge in [0.15, 0.2) is 0 Å². The van der Waals surface area contributed by atoms with Crippen molar-refractivity contribution in [1.29, 1.82) is 0 Å². The van der Waals surface area contributed by atoms with Gasteiger partial charge in [0, 0.05) is 6.54 Å². The number of ether oxygens (including phenoxy) is 1. The Morgan fingerprint density at radius 3 is 2.76 bits per heavy atom. The highest BCUT2D eigenvalue weighted by molar-refractivity contribution is 7.80. The van der Waals surface area contributed by atoms with Crippen LogP contribution in [-0.4, -0.2) is 79.2 Å². The number of rotatable bonds is 9. The van der Waals surface area contributed by atoms with Crippen molar-refractivity contribution in [3.05, 3.63) is 0 Å². The summed E-state index contributed by atoms with van der Waals surface area (Å²) in [5.74, 6) is -0.469. The van der Waals surface area contributed by atoms with Gasteiger partial charge in [0.25, 0.3) is 11.7 Å². The number of carbonyl (C=O) groups is 2. The Morgan fingerprint density at radius 2 is 2.12 bits per heavy atom. The minimum Gasteiger partial charge on any atom is -0.724 e. The first-order valence-electron chi connectivity index (χ1n) is 7.30. The normalized spacial score (nSPS) is 23.0. The first-order chi connectivity index (χ1) is 11.7. The van der Waals surface area contributed by atoms with E-state index in [1.165, 1.54) is 0 Å². The molecule has 0 aromatic rings. The number of fused-ring (bicyclic) bond motifs is 2. The lowest BCUT2D eigenvalue weighted by Crippen LogP contribution is -2.50. The van der Waals surface area contributed by atoms with Gasteiger partial charge in [-0.15, -0.1) is 0 Å². The Morgan fingerprint density at radius 1 is 1.40 bits per heavy atom. The number of piperidine rings is 1. The van der Waals surface area contributed by atoms with Crippen LogP contribution in [0.4, 0.5) is 4.79 Å². The minimum atomic E-state index is -5.08. The monoisotopic (exact) mass is 381 g/mol. The minimum absolute atomic E-state index is 0.0337. The number of amides is 3.